The third-order valence-corrected chi connectivity index (χ3v) is 1.44. The van der Waals surface area contributed by atoms with Crippen LogP contribution in [0.1, 0.15) is 5.56 Å². The van der Waals surface area contributed by atoms with Gasteiger partial charge in [0.1, 0.15) is 6.29 Å². The van der Waals surface area contributed by atoms with Crippen LogP contribution >= 0.6 is 0 Å². The Morgan fingerprint density at radius 2 is 2.00 bits per heavy atom. The van der Waals surface area contributed by atoms with Gasteiger partial charge in [0, 0.05) is 0 Å². The molecule has 0 aliphatic carbocycles. The van der Waals surface area contributed by atoms with Crippen molar-refractivity contribution in [1.29, 1.82) is 5.26 Å². The van der Waals surface area contributed by atoms with Crippen LogP contribution in [0.4, 0.5) is 0 Å². The lowest BCUT2D eigenvalue weighted by Gasteiger charge is -1.94. The molecule has 58 valence electrons. The second-order valence-corrected chi connectivity index (χ2v) is 2.19. The third-order valence-electron chi connectivity index (χ3n) is 1.44. The van der Waals surface area contributed by atoms with Gasteiger partial charge in [0.25, 0.3) is 0 Å². The second-order valence-electron chi connectivity index (χ2n) is 2.19. The van der Waals surface area contributed by atoms with E-state index in [4.69, 9.17) is 5.26 Å². The molecule has 0 heterocycles. The summed E-state index contributed by atoms with van der Waals surface area (Å²) in [6.07, 6.45) is 1.88. The number of carbonyl (C=O) groups excluding carboxylic acids is 1. The Balaban J connectivity index is 3.06. The van der Waals surface area contributed by atoms with Crippen molar-refractivity contribution >= 4 is 11.9 Å². The van der Waals surface area contributed by atoms with Crippen molar-refractivity contribution in [1.82, 2.24) is 0 Å². The predicted molar refractivity (Wildman–Crippen MR) is 46.1 cm³/mol. The molecule has 0 bridgehead atoms. The molecule has 0 atom stereocenters. The second kappa shape index (κ2) is 4.09. The maximum Gasteiger partial charge on any atom is 0.144 e. The van der Waals surface area contributed by atoms with Crippen LogP contribution in [0, 0.1) is 11.3 Å². The summed E-state index contributed by atoms with van der Waals surface area (Å²) in [6, 6.07) is 11.0. The van der Waals surface area contributed by atoms with E-state index >= 15 is 0 Å². The van der Waals surface area contributed by atoms with E-state index in [2.05, 4.69) is 0 Å². The number of allylic oxidation sites excluding steroid dienone is 2. The summed E-state index contributed by atoms with van der Waals surface area (Å²) in [4.78, 5) is 10.1. The van der Waals surface area contributed by atoms with E-state index in [0.717, 1.165) is 5.56 Å². The summed E-state index contributed by atoms with van der Waals surface area (Å²) >= 11 is 0. The average Bonchev–Trinajstić information content (AvgIpc) is 2.15. The Bertz CT molecular complexity index is 333. The van der Waals surface area contributed by atoms with E-state index in [0.29, 0.717) is 11.9 Å². The highest BCUT2D eigenvalue weighted by Gasteiger charge is 1.96. The van der Waals surface area contributed by atoms with Crippen LogP contribution in [0.2, 0.25) is 0 Å². The molecule has 1 aromatic carbocycles. The Morgan fingerprint density at radius 3 is 2.50 bits per heavy atom. The van der Waals surface area contributed by atoms with Crippen molar-refractivity contribution in [2.75, 3.05) is 0 Å². The minimum Gasteiger partial charge on any atom is -0.299 e. The summed E-state index contributed by atoms with van der Waals surface area (Å²) in [7, 11) is 0. The van der Waals surface area contributed by atoms with Crippen molar-refractivity contribution in [2.24, 2.45) is 0 Å². The molecule has 0 spiro atoms. The van der Waals surface area contributed by atoms with Gasteiger partial charge < -0.3 is 0 Å². The molecule has 0 amide bonds. The quantitative estimate of drug-likeness (QED) is 0.373. The zero-order valence-electron chi connectivity index (χ0n) is 6.40. The van der Waals surface area contributed by atoms with Crippen LogP contribution < -0.4 is 0 Å². The van der Waals surface area contributed by atoms with Crippen molar-refractivity contribution in [3.63, 3.8) is 0 Å². The van der Waals surface area contributed by atoms with Crippen LogP contribution in [-0.4, -0.2) is 6.29 Å². The predicted octanol–water partition coefficient (Wildman–Crippen LogP) is 1.79. The highest BCUT2D eigenvalue weighted by atomic mass is 16.1. The number of aldehydes is 1. The first-order chi connectivity index (χ1) is 5.88. The average molecular weight is 157 g/mol. The molecule has 0 N–H and O–H groups in total. The number of hydrogen-bond acceptors (Lipinski definition) is 2. The molecule has 0 aliphatic rings. The van der Waals surface area contributed by atoms with E-state index in [-0.39, 0.29) is 0 Å². The molecule has 2 nitrogen and oxygen atoms in total. The maximum atomic E-state index is 10.1. The molecule has 0 radical (unpaired) electrons. The van der Waals surface area contributed by atoms with Crippen LogP contribution in [0.5, 0.6) is 0 Å². The molecule has 1 rings (SSSR count). The normalized spacial score (nSPS) is 10.4. The van der Waals surface area contributed by atoms with E-state index in [1.54, 1.807) is 12.1 Å². The van der Waals surface area contributed by atoms with Gasteiger partial charge in [-0.1, -0.05) is 30.3 Å². The van der Waals surface area contributed by atoms with Crippen LogP contribution in [0.3, 0.4) is 0 Å². The fourth-order valence-corrected chi connectivity index (χ4v) is 0.884. The smallest absolute Gasteiger partial charge is 0.144 e. The van der Waals surface area contributed by atoms with Crippen molar-refractivity contribution in [3.05, 3.63) is 42.0 Å². The van der Waals surface area contributed by atoms with Gasteiger partial charge in [0.2, 0.25) is 0 Å². The van der Waals surface area contributed by atoms with Crippen molar-refractivity contribution in [3.8, 4) is 6.07 Å². The van der Waals surface area contributed by atoms with Crippen molar-refractivity contribution < 1.29 is 4.79 Å². The topological polar surface area (TPSA) is 40.9 Å². The molecular weight excluding hydrogens is 150 g/mol. The standard InChI is InChI=1S/C10H7NO/c11-8-10(6-7-12)9-4-2-1-3-5-9/h1-7H. The molecule has 1 aromatic rings. The fourth-order valence-electron chi connectivity index (χ4n) is 0.884. The first-order valence-electron chi connectivity index (χ1n) is 3.49. The lowest BCUT2D eigenvalue weighted by atomic mass is 10.1. The molecule has 2 heteroatoms. The first kappa shape index (κ1) is 8.22. The fraction of sp³-hybridized carbons (Fsp3) is 0. The Kier molecular flexibility index (Phi) is 2.80. The first-order valence-corrected chi connectivity index (χ1v) is 3.49. The Hall–Kier alpha value is -1.88. The van der Waals surface area contributed by atoms with Gasteiger partial charge >= 0.3 is 0 Å². The zero-order valence-corrected chi connectivity index (χ0v) is 6.40. The summed E-state index contributed by atoms with van der Waals surface area (Å²) < 4.78 is 0. The van der Waals surface area contributed by atoms with E-state index < -0.39 is 0 Å². The molecule has 0 unspecified atom stereocenters. The highest BCUT2D eigenvalue weighted by molar-refractivity contribution is 5.87. The number of nitrogens with zero attached hydrogens (tertiary/aromatic N) is 1. The minimum atomic E-state index is 0.394. The summed E-state index contributed by atoms with van der Waals surface area (Å²) in [5.41, 5.74) is 1.16. The third kappa shape index (κ3) is 1.80. The molecule has 0 saturated heterocycles. The van der Waals surface area contributed by atoms with Crippen LogP contribution in [0.25, 0.3) is 5.57 Å². The number of benzene rings is 1. The van der Waals surface area contributed by atoms with Gasteiger partial charge in [0.05, 0.1) is 11.6 Å². The monoisotopic (exact) mass is 157 g/mol. The molecule has 12 heavy (non-hydrogen) atoms. The van der Waals surface area contributed by atoms with Crippen molar-refractivity contribution in [2.45, 2.75) is 0 Å². The van der Waals surface area contributed by atoms with Gasteiger partial charge in [-0.2, -0.15) is 5.26 Å². The van der Waals surface area contributed by atoms with E-state index in [1.807, 2.05) is 24.3 Å². The van der Waals surface area contributed by atoms with Gasteiger partial charge in [-0.15, -0.1) is 0 Å². The van der Waals surface area contributed by atoms with E-state index in [9.17, 15) is 4.79 Å². The molecule has 0 aliphatic heterocycles. The molecule has 0 aromatic heterocycles. The number of rotatable bonds is 2. The van der Waals surface area contributed by atoms with Crippen LogP contribution in [-0.2, 0) is 4.79 Å². The summed E-state index contributed by atoms with van der Waals surface area (Å²) in [5, 5.41) is 8.63. The van der Waals surface area contributed by atoms with Crippen LogP contribution in [0.15, 0.2) is 36.4 Å². The zero-order chi connectivity index (χ0) is 8.81. The van der Waals surface area contributed by atoms with E-state index in [1.165, 1.54) is 6.08 Å². The number of nitriles is 1. The lowest BCUT2D eigenvalue weighted by Crippen LogP contribution is -1.80. The molecular formula is C10H7NO. The van der Waals surface area contributed by atoms with Gasteiger partial charge in [-0.05, 0) is 11.6 Å². The van der Waals surface area contributed by atoms with Gasteiger partial charge in [-0.3, -0.25) is 4.79 Å². The Morgan fingerprint density at radius 1 is 1.33 bits per heavy atom. The minimum absolute atomic E-state index is 0.394. The SMILES string of the molecule is N#CC(=CC=O)c1ccccc1. The summed E-state index contributed by atoms with van der Waals surface area (Å²) in [6.45, 7) is 0. The summed E-state index contributed by atoms with van der Waals surface area (Å²) in [5.74, 6) is 0. The molecule has 0 saturated carbocycles. The highest BCUT2D eigenvalue weighted by Crippen LogP contribution is 2.11. The maximum absolute atomic E-state index is 10.1. The van der Waals surface area contributed by atoms with Gasteiger partial charge in [-0.25, -0.2) is 0 Å². The van der Waals surface area contributed by atoms with Gasteiger partial charge in [0.15, 0.2) is 0 Å². The lowest BCUT2D eigenvalue weighted by molar-refractivity contribution is -0.104. The Labute approximate surface area is 70.8 Å². The molecule has 0 fully saturated rings. The number of hydrogen-bond donors (Lipinski definition) is 0. The number of carbonyl (C=O) groups is 1. The largest absolute Gasteiger partial charge is 0.299 e.